The van der Waals surface area contributed by atoms with Gasteiger partial charge in [0, 0.05) is 17.8 Å². The first-order chi connectivity index (χ1) is 15.1. The number of carbonyl (C=O) groups is 1. The minimum Gasteiger partial charge on any atom is -0.393 e. The predicted octanol–water partition coefficient (Wildman–Crippen LogP) is 6.17. The van der Waals surface area contributed by atoms with Crippen LogP contribution in [0, 0.1) is 56.7 Å². The van der Waals surface area contributed by atoms with E-state index in [1.165, 1.54) is 18.4 Å². The summed E-state index contributed by atoms with van der Waals surface area (Å²) in [6, 6.07) is 0. The Labute approximate surface area is 201 Å². The molecule has 0 spiro atoms. The molecule has 0 radical (unpaired) electrons. The molecule has 33 heavy (non-hydrogen) atoms. The molecule has 0 heterocycles. The summed E-state index contributed by atoms with van der Waals surface area (Å²) in [4.78, 5) is 14.0. The van der Waals surface area contributed by atoms with Gasteiger partial charge >= 0.3 is 0 Å². The molecule has 5 aliphatic rings. The number of rotatable bonds is 1. The second-order valence-electron chi connectivity index (χ2n) is 14.8. The highest BCUT2D eigenvalue weighted by atomic mass is 16.3. The van der Waals surface area contributed by atoms with Crippen LogP contribution in [0.1, 0.15) is 99.8 Å². The molecule has 186 valence electrons. The van der Waals surface area contributed by atoms with E-state index in [-0.39, 0.29) is 39.1 Å². The fraction of sp³-hybridized carbons (Fsp3) is 0.900. The monoisotopic (exact) mass is 456 g/mol. The van der Waals surface area contributed by atoms with Crippen molar-refractivity contribution in [1.29, 1.82) is 0 Å². The smallest absolute Gasteiger partial charge is 0.137 e. The molecule has 0 amide bonds. The van der Waals surface area contributed by atoms with E-state index in [0.29, 0.717) is 35.9 Å². The average molecular weight is 457 g/mol. The summed E-state index contributed by atoms with van der Waals surface area (Å²) in [6.07, 6.45) is 7.06. The molecule has 5 saturated carbocycles. The Morgan fingerprint density at radius 2 is 1.52 bits per heavy atom. The van der Waals surface area contributed by atoms with Crippen LogP contribution >= 0.6 is 0 Å². The van der Waals surface area contributed by atoms with Crippen molar-refractivity contribution in [3.8, 4) is 0 Å². The fourth-order valence-corrected chi connectivity index (χ4v) is 11.4. The van der Waals surface area contributed by atoms with Crippen LogP contribution < -0.4 is 0 Å². The first kappa shape index (κ1) is 24.0. The second kappa shape index (κ2) is 6.96. The minimum absolute atomic E-state index is 0.0287. The molecular formula is C30H48O3. The summed E-state index contributed by atoms with van der Waals surface area (Å²) < 4.78 is 0. The Morgan fingerprint density at radius 3 is 2.15 bits per heavy atom. The van der Waals surface area contributed by atoms with Crippen molar-refractivity contribution in [2.75, 3.05) is 0 Å². The molecule has 0 aliphatic heterocycles. The van der Waals surface area contributed by atoms with Gasteiger partial charge in [0.15, 0.2) is 0 Å². The van der Waals surface area contributed by atoms with Crippen molar-refractivity contribution in [1.82, 2.24) is 0 Å². The van der Waals surface area contributed by atoms with E-state index in [1.54, 1.807) is 0 Å². The van der Waals surface area contributed by atoms with E-state index >= 15 is 0 Å². The Morgan fingerprint density at radius 1 is 0.879 bits per heavy atom. The van der Waals surface area contributed by atoms with Gasteiger partial charge in [0.2, 0.25) is 0 Å². The summed E-state index contributed by atoms with van der Waals surface area (Å²) in [5.74, 6) is 2.24. The fourth-order valence-electron chi connectivity index (χ4n) is 11.4. The first-order valence-corrected chi connectivity index (χ1v) is 13.7. The highest BCUT2D eigenvalue weighted by Gasteiger charge is 2.73. The molecule has 0 aromatic heterocycles. The molecule has 5 aliphatic carbocycles. The first-order valence-electron chi connectivity index (χ1n) is 13.7. The number of hydrogen-bond acceptors (Lipinski definition) is 3. The van der Waals surface area contributed by atoms with E-state index in [0.717, 1.165) is 32.1 Å². The number of fused-ring (bicyclic) bond motifs is 7. The van der Waals surface area contributed by atoms with E-state index in [4.69, 9.17) is 0 Å². The lowest BCUT2D eigenvalue weighted by Gasteiger charge is -2.72. The lowest BCUT2D eigenvalue weighted by Crippen LogP contribution is -2.70. The van der Waals surface area contributed by atoms with Crippen LogP contribution in [0.3, 0.4) is 0 Å². The normalized spacial score (nSPS) is 57.5. The quantitative estimate of drug-likeness (QED) is 0.464. The molecule has 0 aromatic carbocycles. The minimum atomic E-state index is -0.400. The van der Waals surface area contributed by atoms with E-state index in [9.17, 15) is 15.0 Å². The van der Waals surface area contributed by atoms with E-state index < -0.39 is 6.10 Å². The number of ketones is 1. The standard InChI is InChI=1S/C30H48O3/c1-17(2)18-11-13-28(6)23(33)16-29(7)19(24(18)28)9-10-21-27(5)14-12-22(32)26(3,4)25(27)20(31)15-30(21,29)8/h18-19,21-25,32-33H,1,9-16H2,2-8H3/t18-,19+,21+,22-,23-,24+,25-,27+,28+,29+,30+/m0/s1. The average Bonchev–Trinajstić information content (AvgIpc) is 3.05. The third-order valence-corrected chi connectivity index (χ3v) is 13.2. The van der Waals surface area contributed by atoms with Gasteiger partial charge < -0.3 is 10.2 Å². The van der Waals surface area contributed by atoms with Crippen molar-refractivity contribution in [3.05, 3.63) is 12.2 Å². The number of allylic oxidation sites excluding steroid dienone is 1. The van der Waals surface area contributed by atoms with Crippen molar-refractivity contribution >= 4 is 5.78 Å². The summed E-state index contributed by atoms with van der Waals surface area (Å²) in [5.41, 5.74) is 0.643. The third-order valence-electron chi connectivity index (χ3n) is 13.2. The number of aliphatic hydroxyl groups excluding tert-OH is 2. The molecule has 11 atom stereocenters. The van der Waals surface area contributed by atoms with Crippen LogP contribution in [0.4, 0.5) is 0 Å². The molecule has 0 aromatic rings. The van der Waals surface area contributed by atoms with Gasteiger partial charge in [-0.05, 0) is 97.2 Å². The maximum absolute atomic E-state index is 14.0. The van der Waals surface area contributed by atoms with Crippen molar-refractivity contribution < 1.29 is 15.0 Å². The van der Waals surface area contributed by atoms with Gasteiger partial charge in [-0.2, -0.15) is 0 Å². The largest absolute Gasteiger partial charge is 0.393 e. The second-order valence-corrected chi connectivity index (χ2v) is 14.8. The van der Waals surface area contributed by atoms with Crippen LogP contribution in [-0.4, -0.2) is 28.2 Å². The van der Waals surface area contributed by atoms with Gasteiger partial charge in [0.05, 0.1) is 12.2 Å². The highest BCUT2D eigenvalue weighted by molar-refractivity contribution is 5.85. The van der Waals surface area contributed by atoms with Gasteiger partial charge in [-0.15, -0.1) is 0 Å². The molecule has 5 rings (SSSR count). The van der Waals surface area contributed by atoms with Gasteiger partial charge in [-0.25, -0.2) is 0 Å². The third kappa shape index (κ3) is 2.73. The SMILES string of the molecule is C=C(C)[C@@H]1CC[C@@]2(C)[C@H]1[C@H]1CC[C@@H]3[C@@]4(C)CC[C@H](O)C(C)(C)[C@@H]4C(=O)C[C@@]3(C)[C@]1(C)C[C@@H]2O. The van der Waals surface area contributed by atoms with Crippen LogP contribution in [0.25, 0.3) is 0 Å². The highest BCUT2D eigenvalue weighted by Crippen LogP contribution is 2.76. The van der Waals surface area contributed by atoms with E-state index in [1.807, 2.05) is 0 Å². The Bertz CT molecular complexity index is 876. The predicted molar refractivity (Wildman–Crippen MR) is 132 cm³/mol. The zero-order valence-corrected chi connectivity index (χ0v) is 22.2. The van der Waals surface area contributed by atoms with Crippen molar-refractivity contribution in [2.24, 2.45) is 56.7 Å². The molecular weight excluding hydrogens is 408 g/mol. The van der Waals surface area contributed by atoms with Crippen LogP contribution in [0.2, 0.25) is 0 Å². The van der Waals surface area contributed by atoms with Gasteiger partial charge in [0.1, 0.15) is 5.78 Å². The topological polar surface area (TPSA) is 57.5 Å². The zero-order chi connectivity index (χ0) is 24.4. The molecule has 3 heteroatoms. The lowest BCUT2D eigenvalue weighted by atomic mass is 9.32. The lowest BCUT2D eigenvalue weighted by molar-refractivity contribution is -0.252. The van der Waals surface area contributed by atoms with Gasteiger partial charge in [-0.1, -0.05) is 53.7 Å². The molecule has 0 bridgehead atoms. The zero-order valence-electron chi connectivity index (χ0n) is 22.2. The maximum atomic E-state index is 14.0. The summed E-state index contributed by atoms with van der Waals surface area (Å²) in [6.45, 7) is 20.4. The molecule has 2 N–H and O–H groups in total. The molecule has 3 nitrogen and oxygen atoms in total. The van der Waals surface area contributed by atoms with Crippen LogP contribution in [0.5, 0.6) is 0 Å². The van der Waals surface area contributed by atoms with Crippen LogP contribution in [-0.2, 0) is 4.79 Å². The Hall–Kier alpha value is -0.670. The summed E-state index contributed by atoms with van der Waals surface area (Å²) >= 11 is 0. The summed E-state index contributed by atoms with van der Waals surface area (Å²) in [5, 5.41) is 22.5. The Balaban J connectivity index is 1.61. The number of hydrogen-bond donors (Lipinski definition) is 2. The van der Waals surface area contributed by atoms with Crippen LogP contribution in [0.15, 0.2) is 12.2 Å². The van der Waals surface area contributed by atoms with Gasteiger partial charge in [-0.3, -0.25) is 4.79 Å². The molecule has 0 saturated heterocycles. The summed E-state index contributed by atoms with van der Waals surface area (Å²) in [7, 11) is 0. The molecule has 5 fully saturated rings. The van der Waals surface area contributed by atoms with Crippen molar-refractivity contribution in [3.63, 3.8) is 0 Å². The van der Waals surface area contributed by atoms with Gasteiger partial charge in [0.25, 0.3) is 0 Å². The number of carbonyl (C=O) groups excluding carboxylic acids is 1. The Kier molecular flexibility index (Phi) is 5.07. The van der Waals surface area contributed by atoms with E-state index in [2.05, 4.69) is 55.0 Å². The molecule has 0 unspecified atom stereocenters. The maximum Gasteiger partial charge on any atom is 0.137 e. The number of Topliss-reactive ketones (excluding diaryl/α,β-unsaturated/α-hetero) is 1. The number of aliphatic hydroxyl groups is 2. The van der Waals surface area contributed by atoms with Crippen molar-refractivity contribution in [2.45, 2.75) is 112 Å².